The lowest BCUT2D eigenvalue weighted by Crippen LogP contribution is -2.34. The monoisotopic (exact) mass is 193 g/mol. The van der Waals surface area contributed by atoms with Crippen molar-refractivity contribution in [2.45, 2.75) is 6.92 Å². The lowest BCUT2D eigenvalue weighted by molar-refractivity contribution is 0.248. The summed E-state index contributed by atoms with van der Waals surface area (Å²) in [6, 6.07) is 6.48. The Morgan fingerprint density at radius 1 is 1.43 bits per heavy atom. The number of carbonyl (C=O) groups is 1. The predicted octanol–water partition coefficient (Wildman–Crippen LogP) is 1.82. The Morgan fingerprint density at radius 3 is 2.57 bits per heavy atom. The van der Waals surface area contributed by atoms with E-state index in [0.29, 0.717) is 5.69 Å². The lowest BCUT2D eigenvalue weighted by Gasteiger charge is -2.14. The Hall–Kier alpha value is -1.91. The first-order valence-corrected chi connectivity index (χ1v) is 4.11. The minimum atomic E-state index is -0.547. The Balaban J connectivity index is 3.07. The number of amides is 2. The van der Waals surface area contributed by atoms with Gasteiger partial charge in [0.15, 0.2) is 0 Å². The number of nitrogens with one attached hydrogen (secondary N) is 1. The van der Waals surface area contributed by atoms with E-state index >= 15 is 0 Å². The van der Waals surface area contributed by atoms with E-state index < -0.39 is 6.03 Å². The van der Waals surface area contributed by atoms with Crippen LogP contribution in [0.15, 0.2) is 29.6 Å². The maximum absolute atomic E-state index is 11.2. The van der Waals surface area contributed by atoms with Crippen molar-refractivity contribution in [1.29, 1.82) is 0 Å². The molecule has 0 aliphatic carbocycles. The summed E-state index contributed by atoms with van der Waals surface area (Å²) in [4.78, 5) is 21.7. The molecule has 0 bridgehead atoms. The molecular weight excluding hydrogens is 182 g/mol. The van der Waals surface area contributed by atoms with Crippen LogP contribution in [0.5, 0.6) is 0 Å². The van der Waals surface area contributed by atoms with Crippen molar-refractivity contribution < 1.29 is 4.79 Å². The molecule has 0 aromatic heterocycles. The summed E-state index contributed by atoms with van der Waals surface area (Å²) in [6.45, 7) is 1.80. The SMILES string of the molecule is CNC(=O)N(N=O)c1ccccc1C. The van der Waals surface area contributed by atoms with E-state index in [0.717, 1.165) is 10.6 Å². The van der Waals surface area contributed by atoms with Gasteiger partial charge in [-0.2, -0.15) is 0 Å². The quantitative estimate of drug-likeness (QED) is 0.575. The molecule has 0 unspecified atom stereocenters. The Bertz CT molecular complexity index is 352. The van der Waals surface area contributed by atoms with E-state index in [1.54, 1.807) is 25.1 Å². The summed E-state index contributed by atoms with van der Waals surface area (Å²) in [5, 5.41) is 5.78. The smallest absolute Gasteiger partial charge is 0.339 e. The fourth-order valence-electron chi connectivity index (χ4n) is 1.10. The largest absolute Gasteiger partial charge is 0.344 e. The van der Waals surface area contributed by atoms with Gasteiger partial charge >= 0.3 is 6.03 Å². The molecule has 1 N–H and O–H groups in total. The molecule has 0 aliphatic heterocycles. The molecule has 2 amide bonds. The zero-order chi connectivity index (χ0) is 10.6. The molecule has 0 aliphatic rings. The van der Waals surface area contributed by atoms with Gasteiger partial charge in [0.1, 0.15) is 0 Å². The number of urea groups is 1. The lowest BCUT2D eigenvalue weighted by atomic mass is 10.2. The minimum absolute atomic E-state index is 0.488. The van der Waals surface area contributed by atoms with E-state index in [4.69, 9.17) is 0 Å². The van der Waals surface area contributed by atoms with Crippen LogP contribution in [0.3, 0.4) is 0 Å². The van der Waals surface area contributed by atoms with Gasteiger partial charge < -0.3 is 5.32 Å². The van der Waals surface area contributed by atoms with Crippen LogP contribution in [0.25, 0.3) is 0 Å². The summed E-state index contributed by atoms with van der Waals surface area (Å²) in [5.41, 5.74) is 1.30. The number of hydrogen-bond donors (Lipinski definition) is 1. The highest BCUT2D eigenvalue weighted by atomic mass is 16.3. The highest BCUT2D eigenvalue weighted by Gasteiger charge is 2.15. The number of nitroso groups, excluding NO2 is 1. The van der Waals surface area contributed by atoms with Crippen molar-refractivity contribution in [2.75, 3.05) is 12.1 Å². The first-order chi connectivity index (χ1) is 6.70. The molecule has 0 heterocycles. The van der Waals surface area contributed by atoms with Gasteiger partial charge in [0.25, 0.3) is 0 Å². The van der Waals surface area contributed by atoms with Crippen molar-refractivity contribution in [1.82, 2.24) is 5.32 Å². The van der Waals surface area contributed by atoms with Gasteiger partial charge in [-0.05, 0) is 18.6 Å². The van der Waals surface area contributed by atoms with Crippen LogP contribution < -0.4 is 10.3 Å². The summed E-state index contributed by atoms with van der Waals surface area (Å²) >= 11 is 0. The Morgan fingerprint density at radius 2 is 2.07 bits per heavy atom. The van der Waals surface area contributed by atoms with Crippen molar-refractivity contribution in [2.24, 2.45) is 5.29 Å². The standard InChI is InChI=1S/C9H11N3O2/c1-7-5-3-4-6-8(7)12(11-14)9(13)10-2/h3-6H,1-2H3,(H,10,13). The number of benzene rings is 1. The third-order valence-corrected chi connectivity index (χ3v) is 1.83. The molecule has 5 heteroatoms. The molecule has 74 valence electrons. The second-order valence-electron chi connectivity index (χ2n) is 2.74. The zero-order valence-electron chi connectivity index (χ0n) is 8.02. The normalized spacial score (nSPS) is 9.29. The highest BCUT2D eigenvalue weighted by Crippen LogP contribution is 2.19. The molecular formula is C9H11N3O2. The van der Waals surface area contributed by atoms with E-state index in [1.165, 1.54) is 7.05 Å². The van der Waals surface area contributed by atoms with Gasteiger partial charge in [0.05, 0.1) is 11.0 Å². The first kappa shape index (κ1) is 10.2. The third kappa shape index (κ3) is 1.87. The number of nitrogens with zero attached hydrogens (tertiary/aromatic N) is 2. The van der Waals surface area contributed by atoms with Crippen molar-refractivity contribution in [3.8, 4) is 0 Å². The summed E-state index contributed by atoms with van der Waals surface area (Å²) in [7, 11) is 1.44. The van der Waals surface area contributed by atoms with Crippen LogP contribution in [-0.2, 0) is 0 Å². The van der Waals surface area contributed by atoms with Gasteiger partial charge in [0, 0.05) is 7.05 Å². The van der Waals surface area contributed by atoms with E-state index in [-0.39, 0.29) is 0 Å². The number of rotatable bonds is 2. The number of hydrogen-bond acceptors (Lipinski definition) is 3. The molecule has 1 aromatic rings. The molecule has 0 saturated heterocycles. The predicted molar refractivity (Wildman–Crippen MR) is 53.9 cm³/mol. The molecule has 1 aromatic carbocycles. The van der Waals surface area contributed by atoms with Crippen LogP contribution in [0.1, 0.15) is 5.56 Å². The van der Waals surface area contributed by atoms with E-state index in [2.05, 4.69) is 10.6 Å². The summed E-state index contributed by atoms with van der Waals surface area (Å²) in [5.74, 6) is 0. The first-order valence-electron chi connectivity index (χ1n) is 4.11. The fourth-order valence-corrected chi connectivity index (χ4v) is 1.10. The second kappa shape index (κ2) is 4.36. The fraction of sp³-hybridized carbons (Fsp3) is 0.222. The van der Waals surface area contributed by atoms with Crippen LogP contribution in [-0.4, -0.2) is 13.1 Å². The number of anilines is 1. The van der Waals surface area contributed by atoms with Gasteiger partial charge in [-0.3, -0.25) is 0 Å². The topological polar surface area (TPSA) is 61.8 Å². The van der Waals surface area contributed by atoms with Crippen LogP contribution in [0.4, 0.5) is 10.5 Å². The molecule has 0 atom stereocenters. The summed E-state index contributed by atoms with van der Waals surface area (Å²) in [6.07, 6.45) is 0. The molecule has 0 saturated carbocycles. The Kier molecular flexibility index (Phi) is 3.17. The molecule has 0 fully saturated rings. The van der Waals surface area contributed by atoms with E-state index in [1.807, 2.05) is 6.07 Å². The number of carbonyl (C=O) groups excluding carboxylic acids is 1. The van der Waals surface area contributed by atoms with Crippen molar-refractivity contribution in [3.05, 3.63) is 34.7 Å². The number of para-hydroxylation sites is 1. The van der Waals surface area contributed by atoms with Crippen molar-refractivity contribution >= 4 is 11.7 Å². The third-order valence-electron chi connectivity index (χ3n) is 1.83. The molecule has 1 rings (SSSR count). The average Bonchev–Trinajstić information content (AvgIpc) is 2.21. The maximum Gasteiger partial charge on any atom is 0.344 e. The molecule has 0 radical (unpaired) electrons. The molecule has 0 spiro atoms. The van der Waals surface area contributed by atoms with Crippen molar-refractivity contribution in [3.63, 3.8) is 0 Å². The van der Waals surface area contributed by atoms with Crippen LogP contribution in [0.2, 0.25) is 0 Å². The molecule has 5 nitrogen and oxygen atoms in total. The van der Waals surface area contributed by atoms with Crippen LogP contribution >= 0.6 is 0 Å². The highest BCUT2D eigenvalue weighted by molar-refractivity contribution is 5.91. The zero-order valence-corrected chi connectivity index (χ0v) is 8.02. The average molecular weight is 193 g/mol. The molecule has 14 heavy (non-hydrogen) atoms. The second-order valence-corrected chi connectivity index (χ2v) is 2.74. The number of aryl methyl sites for hydroxylation is 1. The Labute approximate surface area is 81.7 Å². The van der Waals surface area contributed by atoms with Gasteiger partial charge in [-0.15, -0.1) is 9.92 Å². The minimum Gasteiger partial charge on any atom is -0.339 e. The van der Waals surface area contributed by atoms with Gasteiger partial charge in [0.2, 0.25) is 0 Å². The maximum atomic E-state index is 11.2. The summed E-state index contributed by atoms with van der Waals surface area (Å²) < 4.78 is 0. The van der Waals surface area contributed by atoms with Gasteiger partial charge in [-0.1, -0.05) is 18.2 Å². The van der Waals surface area contributed by atoms with Gasteiger partial charge in [-0.25, -0.2) is 4.79 Å². The van der Waals surface area contributed by atoms with Crippen LogP contribution in [0, 0.1) is 11.8 Å². The van der Waals surface area contributed by atoms with E-state index in [9.17, 15) is 9.70 Å².